The predicted octanol–water partition coefficient (Wildman–Crippen LogP) is 2.16. The monoisotopic (exact) mass is 395 g/mol. The maximum absolute atomic E-state index is 12.6. The van der Waals surface area contributed by atoms with Gasteiger partial charge in [0.2, 0.25) is 15.9 Å². The Morgan fingerprint density at radius 1 is 1.37 bits per heavy atom. The van der Waals surface area contributed by atoms with E-state index in [4.69, 9.17) is 0 Å². The maximum atomic E-state index is 12.6. The Bertz CT molecular complexity index is 841. The third-order valence-electron chi connectivity index (χ3n) is 5.93. The topological polar surface area (TPSA) is 110 Å². The molecule has 2 bridgehead atoms. The van der Waals surface area contributed by atoms with Gasteiger partial charge in [0.15, 0.2) is 0 Å². The zero-order valence-corrected chi connectivity index (χ0v) is 16.3. The molecule has 2 saturated carbocycles. The number of nitrogens with zero attached hydrogens (tertiary/aromatic N) is 2. The van der Waals surface area contributed by atoms with Gasteiger partial charge in [0, 0.05) is 25.2 Å². The molecule has 27 heavy (non-hydrogen) atoms. The van der Waals surface area contributed by atoms with E-state index in [1.807, 2.05) is 6.92 Å². The van der Waals surface area contributed by atoms with E-state index in [-0.39, 0.29) is 29.1 Å². The molecule has 2 aliphatic rings. The molecule has 0 aromatic heterocycles. The van der Waals surface area contributed by atoms with Crippen molar-refractivity contribution in [2.45, 2.75) is 43.5 Å². The summed E-state index contributed by atoms with van der Waals surface area (Å²) < 4.78 is 26.1. The first-order chi connectivity index (χ1) is 12.7. The molecule has 3 rings (SSSR count). The van der Waals surface area contributed by atoms with Gasteiger partial charge < -0.3 is 5.32 Å². The molecule has 148 valence electrons. The van der Waals surface area contributed by atoms with Crippen LogP contribution in [0.5, 0.6) is 0 Å². The van der Waals surface area contributed by atoms with E-state index in [1.165, 1.54) is 44.5 Å². The van der Waals surface area contributed by atoms with E-state index in [0.717, 1.165) is 22.7 Å². The smallest absolute Gasteiger partial charge is 0.270 e. The number of hydrogen-bond acceptors (Lipinski definition) is 5. The first kappa shape index (κ1) is 19.8. The number of rotatable bonds is 7. The number of carbonyl (C=O) groups is 1. The second-order valence-electron chi connectivity index (χ2n) is 7.71. The second kappa shape index (κ2) is 7.55. The number of amides is 1. The Morgan fingerprint density at radius 2 is 2.11 bits per heavy atom. The Balaban J connectivity index is 1.61. The average molecular weight is 395 g/mol. The van der Waals surface area contributed by atoms with Crippen LogP contribution in [0, 0.1) is 27.9 Å². The number of hydrogen-bond donors (Lipinski definition) is 1. The highest BCUT2D eigenvalue weighted by Crippen LogP contribution is 2.49. The number of nitro benzene ring substituents is 1. The summed E-state index contributed by atoms with van der Waals surface area (Å²) >= 11 is 0. The standard InChI is InChI=1S/C18H25N3O5S/c1-12(17-9-13-6-7-14(17)8-13)19-18(22)11-20(2)27(25,26)16-5-3-4-15(10-16)21(23)24/h3-5,10,12-14,17H,6-9,11H2,1-2H3,(H,19,22). The summed E-state index contributed by atoms with van der Waals surface area (Å²) in [6.45, 7) is 1.66. The largest absolute Gasteiger partial charge is 0.352 e. The fourth-order valence-corrected chi connectivity index (χ4v) is 5.70. The van der Waals surface area contributed by atoms with Crippen LogP contribution < -0.4 is 5.32 Å². The zero-order valence-electron chi connectivity index (χ0n) is 15.5. The van der Waals surface area contributed by atoms with Crippen molar-refractivity contribution in [3.8, 4) is 0 Å². The molecule has 9 heteroatoms. The lowest BCUT2D eigenvalue weighted by atomic mass is 9.84. The number of nitrogens with one attached hydrogen (secondary N) is 1. The van der Waals surface area contributed by atoms with Crippen molar-refractivity contribution >= 4 is 21.6 Å². The van der Waals surface area contributed by atoms with Crippen LogP contribution in [0.15, 0.2) is 29.2 Å². The molecule has 1 N–H and O–H groups in total. The summed E-state index contributed by atoms with van der Waals surface area (Å²) in [7, 11) is -2.68. The van der Waals surface area contributed by atoms with Gasteiger partial charge in [-0.15, -0.1) is 0 Å². The number of carbonyl (C=O) groups excluding carboxylic acids is 1. The van der Waals surface area contributed by atoms with Crippen LogP contribution in [0.1, 0.15) is 32.6 Å². The van der Waals surface area contributed by atoms with Gasteiger partial charge in [-0.05, 0) is 50.0 Å². The summed E-state index contributed by atoms with van der Waals surface area (Å²) in [5, 5.41) is 13.8. The lowest BCUT2D eigenvalue weighted by Gasteiger charge is -2.29. The highest BCUT2D eigenvalue weighted by molar-refractivity contribution is 7.89. The van der Waals surface area contributed by atoms with E-state index in [9.17, 15) is 23.3 Å². The highest BCUT2D eigenvalue weighted by Gasteiger charge is 2.42. The van der Waals surface area contributed by atoms with Gasteiger partial charge in [-0.3, -0.25) is 14.9 Å². The maximum Gasteiger partial charge on any atom is 0.270 e. The molecule has 1 aromatic carbocycles. The summed E-state index contributed by atoms with van der Waals surface area (Å²) in [5.41, 5.74) is -0.307. The third kappa shape index (κ3) is 4.14. The molecular weight excluding hydrogens is 370 g/mol. The Morgan fingerprint density at radius 3 is 2.70 bits per heavy atom. The molecule has 0 spiro atoms. The SMILES string of the molecule is CC(NC(=O)CN(C)S(=O)(=O)c1cccc([N+](=O)[O-])c1)C1CC2CCC1C2. The van der Waals surface area contributed by atoms with Gasteiger partial charge in [0.25, 0.3) is 5.69 Å². The van der Waals surface area contributed by atoms with Gasteiger partial charge in [0.1, 0.15) is 0 Å². The minimum absolute atomic E-state index is 0.0155. The minimum Gasteiger partial charge on any atom is -0.352 e. The normalized spacial score (nSPS) is 25.5. The summed E-state index contributed by atoms with van der Waals surface area (Å²) in [4.78, 5) is 22.4. The molecule has 8 nitrogen and oxygen atoms in total. The lowest BCUT2D eigenvalue weighted by Crippen LogP contribution is -2.45. The number of nitro groups is 1. The minimum atomic E-state index is -3.99. The number of sulfonamides is 1. The van der Waals surface area contributed by atoms with Crippen LogP contribution in [0.3, 0.4) is 0 Å². The molecule has 2 fully saturated rings. The molecule has 0 aliphatic heterocycles. The number of fused-ring (bicyclic) bond motifs is 2. The molecule has 4 unspecified atom stereocenters. The number of benzene rings is 1. The van der Waals surface area contributed by atoms with Crippen molar-refractivity contribution in [1.82, 2.24) is 9.62 Å². The molecule has 2 aliphatic carbocycles. The quantitative estimate of drug-likeness (QED) is 0.562. The first-order valence-electron chi connectivity index (χ1n) is 9.18. The molecule has 1 aromatic rings. The molecular formula is C18H25N3O5S. The summed E-state index contributed by atoms with van der Waals surface area (Å²) in [6, 6.07) is 4.84. The molecule has 0 saturated heterocycles. The predicted molar refractivity (Wildman–Crippen MR) is 99.5 cm³/mol. The van der Waals surface area contributed by atoms with Crippen LogP contribution in [-0.4, -0.2) is 43.2 Å². The molecule has 0 heterocycles. The van der Waals surface area contributed by atoms with Gasteiger partial charge >= 0.3 is 0 Å². The van der Waals surface area contributed by atoms with E-state index >= 15 is 0 Å². The van der Waals surface area contributed by atoms with E-state index < -0.39 is 14.9 Å². The highest BCUT2D eigenvalue weighted by atomic mass is 32.2. The summed E-state index contributed by atoms with van der Waals surface area (Å²) in [6.07, 6.45) is 4.88. The van der Waals surface area contributed by atoms with E-state index in [1.54, 1.807) is 0 Å². The van der Waals surface area contributed by atoms with Crippen molar-refractivity contribution < 1.29 is 18.1 Å². The molecule has 1 amide bonds. The van der Waals surface area contributed by atoms with Crippen molar-refractivity contribution in [2.24, 2.45) is 17.8 Å². The Hall–Kier alpha value is -2.00. The molecule has 4 atom stereocenters. The van der Waals surface area contributed by atoms with E-state index in [0.29, 0.717) is 11.8 Å². The number of non-ortho nitro benzene ring substituents is 1. The van der Waals surface area contributed by atoms with Crippen LogP contribution in [-0.2, 0) is 14.8 Å². The van der Waals surface area contributed by atoms with Gasteiger partial charge in [-0.25, -0.2) is 8.42 Å². The average Bonchev–Trinajstić information content (AvgIpc) is 3.25. The third-order valence-corrected chi connectivity index (χ3v) is 7.73. The number of likely N-dealkylation sites (N-methyl/N-ethyl adjacent to an activating group) is 1. The second-order valence-corrected chi connectivity index (χ2v) is 9.76. The molecule has 0 radical (unpaired) electrons. The van der Waals surface area contributed by atoms with Crippen molar-refractivity contribution in [1.29, 1.82) is 0 Å². The van der Waals surface area contributed by atoms with Crippen LogP contribution in [0.25, 0.3) is 0 Å². The van der Waals surface area contributed by atoms with Gasteiger partial charge in [-0.2, -0.15) is 4.31 Å². The Kier molecular flexibility index (Phi) is 5.53. The van der Waals surface area contributed by atoms with E-state index in [2.05, 4.69) is 5.32 Å². The van der Waals surface area contributed by atoms with Crippen molar-refractivity contribution in [3.05, 3.63) is 34.4 Å². The van der Waals surface area contributed by atoms with Crippen molar-refractivity contribution in [3.63, 3.8) is 0 Å². The van der Waals surface area contributed by atoms with Gasteiger partial charge in [-0.1, -0.05) is 12.5 Å². The van der Waals surface area contributed by atoms with Crippen LogP contribution in [0.4, 0.5) is 5.69 Å². The Labute approximate surface area is 159 Å². The first-order valence-corrected chi connectivity index (χ1v) is 10.6. The lowest BCUT2D eigenvalue weighted by molar-refractivity contribution is -0.385. The zero-order chi connectivity index (χ0) is 19.8. The fourth-order valence-electron chi connectivity index (χ4n) is 4.54. The fraction of sp³-hybridized carbons (Fsp3) is 0.611. The van der Waals surface area contributed by atoms with Crippen LogP contribution >= 0.6 is 0 Å². The van der Waals surface area contributed by atoms with Gasteiger partial charge in [0.05, 0.1) is 16.4 Å². The summed E-state index contributed by atoms with van der Waals surface area (Å²) in [5.74, 6) is 1.54. The van der Waals surface area contributed by atoms with Crippen molar-refractivity contribution in [2.75, 3.05) is 13.6 Å². The van der Waals surface area contributed by atoms with Crippen LogP contribution in [0.2, 0.25) is 0 Å².